The molecule has 1 aromatic heterocycles. The summed E-state index contributed by atoms with van der Waals surface area (Å²) in [7, 11) is 1.69. The minimum atomic E-state index is -0.0753. The predicted octanol–water partition coefficient (Wildman–Crippen LogP) is 4.73. The van der Waals surface area contributed by atoms with Crippen LogP contribution in [-0.4, -0.2) is 42.2 Å². The Bertz CT molecular complexity index is 885. The Morgan fingerprint density at radius 2 is 2.00 bits per heavy atom. The molecule has 2 aliphatic rings. The van der Waals surface area contributed by atoms with E-state index in [-0.39, 0.29) is 5.60 Å². The average Bonchev–Trinajstić information content (AvgIpc) is 2.92. The number of nitrogens with one attached hydrogen (secondary N) is 1. The van der Waals surface area contributed by atoms with E-state index in [4.69, 9.17) is 14.5 Å². The fourth-order valence-electron chi connectivity index (χ4n) is 4.02. The van der Waals surface area contributed by atoms with Crippen molar-refractivity contribution in [1.29, 1.82) is 0 Å². The topological polar surface area (TPSA) is 46.6 Å². The number of likely N-dealkylation sites (N-methyl/N-ethyl adjacent to an activating group) is 1. The average molecular weight is 414 g/mol. The van der Waals surface area contributed by atoms with E-state index in [1.807, 2.05) is 0 Å². The Hall–Kier alpha value is -1.92. The van der Waals surface area contributed by atoms with Gasteiger partial charge in [0.15, 0.2) is 0 Å². The van der Waals surface area contributed by atoms with Crippen molar-refractivity contribution in [2.75, 3.05) is 31.5 Å². The van der Waals surface area contributed by atoms with Gasteiger partial charge < -0.3 is 19.1 Å². The van der Waals surface area contributed by atoms with Crippen LogP contribution in [0.1, 0.15) is 44.0 Å². The molecular formula is C23H31N3O2S. The molecule has 6 heteroatoms. The molecule has 29 heavy (non-hydrogen) atoms. The highest BCUT2D eigenvalue weighted by Gasteiger charge is 2.26. The van der Waals surface area contributed by atoms with Crippen molar-refractivity contribution in [1.82, 2.24) is 9.88 Å². The Balaban J connectivity index is 1.49. The molecule has 0 spiro atoms. The van der Waals surface area contributed by atoms with Crippen molar-refractivity contribution >= 4 is 17.6 Å². The lowest BCUT2D eigenvalue weighted by Crippen LogP contribution is -2.32. The standard InChI is InChI=1S/C23H31N3O2S/c1-5-26-12-9-16-15-20(22(27-4)24-19(16)10-13-26)25-29-18-6-7-21-17(14-18)8-11-23(2,3)28-21/h6-7,14-15,25H,5,8-13H2,1-4H3. The molecule has 0 bridgehead atoms. The molecule has 1 N–H and O–H groups in total. The number of hydrogen-bond donors (Lipinski definition) is 1. The number of aromatic nitrogens is 1. The molecule has 0 saturated heterocycles. The van der Waals surface area contributed by atoms with Gasteiger partial charge in [0.25, 0.3) is 0 Å². The summed E-state index contributed by atoms with van der Waals surface area (Å²) in [5.74, 6) is 1.68. The molecule has 2 aromatic rings. The van der Waals surface area contributed by atoms with E-state index in [1.165, 1.54) is 21.7 Å². The fraction of sp³-hybridized carbons (Fsp3) is 0.522. The van der Waals surface area contributed by atoms with Crippen LogP contribution >= 0.6 is 11.9 Å². The summed E-state index contributed by atoms with van der Waals surface area (Å²) in [6.07, 6.45) is 4.10. The van der Waals surface area contributed by atoms with Gasteiger partial charge in [0.2, 0.25) is 5.88 Å². The van der Waals surface area contributed by atoms with Crippen LogP contribution in [-0.2, 0) is 19.3 Å². The SMILES string of the molecule is CCN1CCc2cc(NSc3ccc4c(c3)CCC(C)(C)O4)c(OC)nc2CC1. The van der Waals surface area contributed by atoms with Gasteiger partial charge in [-0.25, -0.2) is 4.98 Å². The number of nitrogens with zero attached hydrogens (tertiary/aromatic N) is 2. The predicted molar refractivity (Wildman–Crippen MR) is 119 cm³/mol. The van der Waals surface area contributed by atoms with Gasteiger partial charge in [0.1, 0.15) is 17.0 Å². The molecule has 0 radical (unpaired) electrons. The van der Waals surface area contributed by atoms with Crippen LogP contribution in [0, 0.1) is 0 Å². The van der Waals surface area contributed by atoms with Gasteiger partial charge in [-0.2, -0.15) is 0 Å². The zero-order valence-electron chi connectivity index (χ0n) is 17.9. The molecule has 2 aliphatic heterocycles. The summed E-state index contributed by atoms with van der Waals surface area (Å²) in [5.41, 5.74) is 4.64. The highest BCUT2D eigenvalue weighted by Crippen LogP contribution is 2.36. The first-order valence-electron chi connectivity index (χ1n) is 10.5. The highest BCUT2D eigenvalue weighted by atomic mass is 32.2. The molecule has 156 valence electrons. The number of aryl methyl sites for hydroxylation is 1. The van der Waals surface area contributed by atoms with Crippen LogP contribution in [0.2, 0.25) is 0 Å². The monoisotopic (exact) mass is 413 g/mol. The minimum absolute atomic E-state index is 0.0753. The quantitative estimate of drug-likeness (QED) is 0.715. The number of pyridine rings is 1. The first-order valence-corrected chi connectivity index (χ1v) is 11.3. The molecule has 1 aromatic carbocycles. The van der Waals surface area contributed by atoms with Crippen molar-refractivity contribution in [2.45, 2.75) is 57.0 Å². The Morgan fingerprint density at radius 1 is 1.17 bits per heavy atom. The molecule has 3 heterocycles. The molecule has 0 aliphatic carbocycles. The van der Waals surface area contributed by atoms with Gasteiger partial charge in [-0.15, -0.1) is 0 Å². The number of hydrogen-bond acceptors (Lipinski definition) is 6. The fourth-order valence-corrected chi connectivity index (χ4v) is 4.73. The van der Waals surface area contributed by atoms with E-state index in [9.17, 15) is 0 Å². The van der Waals surface area contributed by atoms with Crippen LogP contribution in [0.5, 0.6) is 11.6 Å². The van der Waals surface area contributed by atoms with Crippen molar-refractivity contribution < 1.29 is 9.47 Å². The molecule has 0 amide bonds. The number of rotatable bonds is 5. The zero-order chi connectivity index (χ0) is 20.4. The van der Waals surface area contributed by atoms with Gasteiger partial charge in [-0.3, -0.25) is 0 Å². The van der Waals surface area contributed by atoms with Gasteiger partial charge >= 0.3 is 0 Å². The van der Waals surface area contributed by atoms with Crippen molar-refractivity contribution in [3.05, 3.63) is 41.1 Å². The molecule has 0 fully saturated rings. The van der Waals surface area contributed by atoms with E-state index in [0.717, 1.165) is 56.8 Å². The molecule has 0 saturated carbocycles. The van der Waals surface area contributed by atoms with Crippen molar-refractivity contribution in [2.24, 2.45) is 0 Å². The smallest absolute Gasteiger partial charge is 0.238 e. The van der Waals surface area contributed by atoms with E-state index >= 15 is 0 Å². The minimum Gasteiger partial charge on any atom is -0.488 e. The Labute approximate surface area is 178 Å². The number of benzene rings is 1. The lowest BCUT2D eigenvalue weighted by Gasteiger charge is -2.32. The molecular weight excluding hydrogens is 382 g/mol. The third-order valence-electron chi connectivity index (χ3n) is 5.85. The van der Waals surface area contributed by atoms with E-state index in [0.29, 0.717) is 5.88 Å². The summed E-state index contributed by atoms with van der Waals surface area (Å²) in [4.78, 5) is 8.46. The maximum Gasteiger partial charge on any atom is 0.238 e. The molecule has 4 rings (SSSR count). The second-order valence-corrected chi connectivity index (χ2v) is 9.30. The normalized spacial score (nSPS) is 18.2. The Kier molecular flexibility index (Phi) is 5.93. The maximum atomic E-state index is 6.10. The highest BCUT2D eigenvalue weighted by molar-refractivity contribution is 8.00. The van der Waals surface area contributed by atoms with E-state index in [1.54, 1.807) is 19.1 Å². The van der Waals surface area contributed by atoms with Crippen molar-refractivity contribution in [3.63, 3.8) is 0 Å². The van der Waals surface area contributed by atoms with Crippen LogP contribution in [0.4, 0.5) is 5.69 Å². The molecule has 0 unspecified atom stereocenters. The largest absolute Gasteiger partial charge is 0.488 e. The van der Waals surface area contributed by atoms with Gasteiger partial charge in [-0.1, -0.05) is 6.92 Å². The number of anilines is 1. The third kappa shape index (κ3) is 4.64. The second kappa shape index (κ2) is 8.44. The summed E-state index contributed by atoms with van der Waals surface area (Å²) in [5, 5.41) is 0. The van der Waals surface area contributed by atoms with Crippen LogP contribution in [0.25, 0.3) is 0 Å². The lowest BCUT2D eigenvalue weighted by molar-refractivity contribution is 0.0845. The third-order valence-corrected chi connectivity index (χ3v) is 6.66. The number of fused-ring (bicyclic) bond motifs is 2. The molecule has 0 atom stereocenters. The van der Waals surface area contributed by atoms with Crippen LogP contribution in [0.15, 0.2) is 29.2 Å². The van der Waals surface area contributed by atoms with E-state index in [2.05, 4.69) is 54.7 Å². The second-order valence-electron chi connectivity index (χ2n) is 8.42. The first-order chi connectivity index (χ1) is 14.0. The zero-order valence-corrected chi connectivity index (χ0v) is 18.7. The van der Waals surface area contributed by atoms with Crippen LogP contribution in [0.3, 0.4) is 0 Å². The number of ether oxygens (including phenoxy) is 2. The van der Waals surface area contributed by atoms with Gasteiger partial charge in [0, 0.05) is 30.1 Å². The van der Waals surface area contributed by atoms with Gasteiger partial charge in [-0.05, 0) is 87.0 Å². The summed E-state index contributed by atoms with van der Waals surface area (Å²) >= 11 is 1.60. The maximum absolute atomic E-state index is 6.10. The summed E-state index contributed by atoms with van der Waals surface area (Å²) < 4.78 is 15.2. The first kappa shape index (κ1) is 20.4. The summed E-state index contributed by atoms with van der Waals surface area (Å²) in [6, 6.07) is 8.65. The summed E-state index contributed by atoms with van der Waals surface area (Å²) in [6.45, 7) is 9.76. The van der Waals surface area contributed by atoms with Gasteiger partial charge in [0.05, 0.1) is 7.11 Å². The van der Waals surface area contributed by atoms with Crippen LogP contribution < -0.4 is 14.2 Å². The molecule has 5 nitrogen and oxygen atoms in total. The Morgan fingerprint density at radius 3 is 2.79 bits per heavy atom. The van der Waals surface area contributed by atoms with Crippen molar-refractivity contribution in [3.8, 4) is 11.6 Å². The lowest BCUT2D eigenvalue weighted by atomic mass is 9.94. The van der Waals surface area contributed by atoms with E-state index < -0.39 is 0 Å². The number of methoxy groups -OCH3 is 1.